The first kappa shape index (κ1) is 15.3. The van der Waals surface area contributed by atoms with Gasteiger partial charge < -0.3 is 10.2 Å². The minimum atomic E-state index is 0.767. The Kier molecular flexibility index (Phi) is 5.55. The molecule has 1 aromatic heterocycles. The van der Waals surface area contributed by atoms with Gasteiger partial charge in [-0.2, -0.15) is 4.98 Å². The summed E-state index contributed by atoms with van der Waals surface area (Å²) >= 11 is 0. The molecule has 1 N–H and O–H groups in total. The van der Waals surface area contributed by atoms with E-state index in [0.29, 0.717) is 0 Å². The number of benzene rings is 1. The molecule has 0 saturated carbocycles. The molecule has 0 aliphatic heterocycles. The minimum Gasteiger partial charge on any atom is -0.370 e. The van der Waals surface area contributed by atoms with Crippen molar-refractivity contribution in [3.05, 3.63) is 47.7 Å². The topological polar surface area (TPSA) is 41.1 Å². The Balaban J connectivity index is 2.01. The molecular weight excluding hydrogens is 260 g/mol. The summed E-state index contributed by atoms with van der Waals surface area (Å²) in [4.78, 5) is 11.1. The molecule has 1 aromatic carbocycles. The Morgan fingerprint density at radius 1 is 1.05 bits per heavy atom. The van der Waals surface area contributed by atoms with Gasteiger partial charge in [0, 0.05) is 32.4 Å². The van der Waals surface area contributed by atoms with E-state index in [1.807, 2.05) is 25.1 Å². The molecule has 1 heterocycles. The molecule has 0 fully saturated rings. The van der Waals surface area contributed by atoms with Gasteiger partial charge in [0.15, 0.2) is 0 Å². The van der Waals surface area contributed by atoms with Crippen molar-refractivity contribution < 1.29 is 0 Å². The van der Waals surface area contributed by atoms with Crippen LogP contribution in [0.1, 0.15) is 24.6 Å². The van der Waals surface area contributed by atoms with Crippen LogP contribution < -0.4 is 10.2 Å². The van der Waals surface area contributed by atoms with Gasteiger partial charge in [0.05, 0.1) is 0 Å². The van der Waals surface area contributed by atoms with Crippen molar-refractivity contribution in [2.45, 2.75) is 26.2 Å². The summed E-state index contributed by atoms with van der Waals surface area (Å²) in [7, 11) is 3.94. The summed E-state index contributed by atoms with van der Waals surface area (Å²) in [6.07, 6.45) is 3.06. The lowest BCUT2D eigenvalue weighted by Gasteiger charge is -2.14. The van der Waals surface area contributed by atoms with Crippen molar-refractivity contribution in [1.82, 2.24) is 9.97 Å². The predicted molar refractivity (Wildman–Crippen MR) is 89.0 cm³/mol. The smallest absolute Gasteiger partial charge is 0.226 e. The molecule has 0 aliphatic carbocycles. The minimum absolute atomic E-state index is 0.767. The Morgan fingerprint density at radius 2 is 1.81 bits per heavy atom. The highest BCUT2D eigenvalue weighted by molar-refractivity contribution is 5.43. The number of hydrogen-bond donors (Lipinski definition) is 1. The van der Waals surface area contributed by atoms with Gasteiger partial charge in [-0.05, 0) is 18.4 Å². The fraction of sp³-hybridized carbons (Fsp3) is 0.412. The zero-order chi connectivity index (χ0) is 15.1. The van der Waals surface area contributed by atoms with Gasteiger partial charge in [0.1, 0.15) is 5.82 Å². The van der Waals surface area contributed by atoms with E-state index in [0.717, 1.165) is 43.3 Å². The first-order chi connectivity index (χ1) is 10.2. The third kappa shape index (κ3) is 4.74. The van der Waals surface area contributed by atoms with Crippen LogP contribution in [0.4, 0.5) is 11.8 Å². The normalized spacial score (nSPS) is 10.4. The number of aromatic nitrogens is 2. The average Bonchev–Trinajstić information content (AvgIpc) is 2.48. The number of hydrogen-bond acceptors (Lipinski definition) is 4. The van der Waals surface area contributed by atoms with Crippen LogP contribution in [0.2, 0.25) is 0 Å². The van der Waals surface area contributed by atoms with Gasteiger partial charge in [-0.1, -0.05) is 43.7 Å². The van der Waals surface area contributed by atoms with Crippen LogP contribution in [-0.2, 0) is 12.8 Å². The van der Waals surface area contributed by atoms with Crippen molar-refractivity contribution in [3.63, 3.8) is 0 Å². The van der Waals surface area contributed by atoms with Crippen LogP contribution in [0.25, 0.3) is 0 Å². The number of aryl methyl sites for hydroxylation is 1. The standard InChI is InChI=1S/C17H24N4/c1-4-8-15-13-16(20-17(19-15)21(2)3)18-12-11-14-9-6-5-7-10-14/h5-7,9-10,13H,4,8,11-12H2,1-3H3,(H,18,19,20). The number of nitrogens with zero attached hydrogens (tertiary/aromatic N) is 3. The van der Waals surface area contributed by atoms with Crippen molar-refractivity contribution >= 4 is 11.8 Å². The van der Waals surface area contributed by atoms with Gasteiger partial charge in [0.2, 0.25) is 5.95 Å². The molecule has 0 aliphatic rings. The zero-order valence-electron chi connectivity index (χ0n) is 13.1. The first-order valence-electron chi connectivity index (χ1n) is 7.52. The van der Waals surface area contributed by atoms with Gasteiger partial charge in [-0.3, -0.25) is 0 Å². The average molecular weight is 284 g/mol. The van der Waals surface area contributed by atoms with Crippen molar-refractivity contribution in [2.24, 2.45) is 0 Å². The Hall–Kier alpha value is -2.10. The highest BCUT2D eigenvalue weighted by Crippen LogP contribution is 2.13. The monoisotopic (exact) mass is 284 g/mol. The van der Waals surface area contributed by atoms with E-state index in [1.165, 1.54) is 5.56 Å². The Labute approximate surface area is 127 Å². The molecule has 0 radical (unpaired) electrons. The van der Waals surface area contributed by atoms with E-state index >= 15 is 0 Å². The van der Waals surface area contributed by atoms with E-state index in [1.54, 1.807) is 0 Å². The van der Waals surface area contributed by atoms with Crippen molar-refractivity contribution in [2.75, 3.05) is 30.9 Å². The summed E-state index contributed by atoms with van der Waals surface area (Å²) in [6, 6.07) is 12.5. The second-order valence-corrected chi connectivity index (χ2v) is 5.35. The lowest BCUT2D eigenvalue weighted by molar-refractivity contribution is 0.858. The lowest BCUT2D eigenvalue weighted by atomic mass is 10.1. The van der Waals surface area contributed by atoms with E-state index in [-0.39, 0.29) is 0 Å². The van der Waals surface area contributed by atoms with Gasteiger partial charge in [0.25, 0.3) is 0 Å². The summed E-state index contributed by atoms with van der Waals surface area (Å²) in [5.41, 5.74) is 2.43. The maximum Gasteiger partial charge on any atom is 0.226 e. The maximum atomic E-state index is 4.56. The van der Waals surface area contributed by atoms with E-state index in [2.05, 4.69) is 52.5 Å². The quantitative estimate of drug-likeness (QED) is 0.848. The molecule has 2 rings (SSSR count). The molecule has 0 unspecified atom stereocenters. The molecule has 4 nitrogen and oxygen atoms in total. The molecule has 4 heteroatoms. The molecule has 112 valence electrons. The van der Waals surface area contributed by atoms with Crippen molar-refractivity contribution in [3.8, 4) is 0 Å². The maximum absolute atomic E-state index is 4.56. The number of nitrogens with one attached hydrogen (secondary N) is 1. The number of anilines is 2. The molecule has 0 spiro atoms. The van der Waals surface area contributed by atoms with Gasteiger partial charge in [-0.25, -0.2) is 4.98 Å². The van der Waals surface area contributed by atoms with Gasteiger partial charge in [-0.15, -0.1) is 0 Å². The Morgan fingerprint density at radius 3 is 2.48 bits per heavy atom. The van der Waals surface area contributed by atoms with E-state index in [9.17, 15) is 0 Å². The predicted octanol–water partition coefficient (Wildman–Crippen LogP) is 3.15. The highest BCUT2D eigenvalue weighted by Gasteiger charge is 2.05. The fourth-order valence-corrected chi connectivity index (χ4v) is 2.14. The summed E-state index contributed by atoms with van der Waals surface area (Å²) in [6.45, 7) is 3.04. The fourth-order valence-electron chi connectivity index (χ4n) is 2.14. The van der Waals surface area contributed by atoms with Crippen LogP contribution in [0.5, 0.6) is 0 Å². The molecule has 0 amide bonds. The van der Waals surface area contributed by atoms with Crippen LogP contribution in [0, 0.1) is 0 Å². The second-order valence-electron chi connectivity index (χ2n) is 5.35. The third-order valence-electron chi connectivity index (χ3n) is 3.24. The van der Waals surface area contributed by atoms with Crippen LogP contribution in [-0.4, -0.2) is 30.6 Å². The molecular formula is C17H24N4. The zero-order valence-corrected chi connectivity index (χ0v) is 13.1. The Bertz CT molecular complexity index is 552. The third-order valence-corrected chi connectivity index (χ3v) is 3.24. The molecule has 21 heavy (non-hydrogen) atoms. The van der Waals surface area contributed by atoms with Gasteiger partial charge >= 0.3 is 0 Å². The van der Waals surface area contributed by atoms with Crippen LogP contribution in [0.15, 0.2) is 36.4 Å². The molecule has 2 aromatic rings. The second kappa shape index (κ2) is 7.62. The molecule has 0 saturated heterocycles. The van der Waals surface area contributed by atoms with Crippen molar-refractivity contribution in [1.29, 1.82) is 0 Å². The molecule has 0 bridgehead atoms. The van der Waals surface area contributed by atoms with Crippen LogP contribution in [0.3, 0.4) is 0 Å². The summed E-state index contributed by atoms with van der Waals surface area (Å²) in [5, 5.41) is 3.41. The summed E-state index contributed by atoms with van der Waals surface area (Å²) in [5.74, 6) is 1.68. The number of rotatable bonds is 7. The van der Waals surface area contributed by atoms with E-state index in [4.69, 9.17) is 0 Å². The highest BCUT2D eigenvalue weighted by atomic mass is 15.2. The largest absolute Gasteiger partial charge is 0.370 e. The lowest BCUT2D eigenvalue weighted by Crippen LogP contribution is -2.16. The van der Waals surface area contributed by atoms with Crippen LogP contribution >= 0.6 is 0 Å². The first-order valence-corrected chi connectivity index (χ1v) is 7.52. The SMILES string of the molecule is CCCc1cc(NCCc2ccccc2)nc(N(C)C)n1. The van der Waals surface area contributed by atoms with E-state index < -0.39 is 0 Å². The molecule has 0 atom stereocenters. The summed E-state index contributed by atoms with van der Waals surface area (Å²) < 4.78 is 0.